The number of ether oxygens (including phenoxy) is 1. The van der Waals surface area contributed by atoms with E-state index in [1.54, 1.807) is 19.4 Å². The second-order valence-electron chi connectivity index (χ2n) is 8.71. The summed E-state index contributed by atoms with van der Waals surface area (Å²) in [5, 5.41) is 10.9. The SMILES string of the molecule is COCCNC1CCC(Nc2cc(-c3ccc(F)c(NCC4CC4)c3)c(Cl)cn2)CC1. The van der Waals surface area contributed by atoms with E-state index in [0.717, 1.165) is 62.3 Å². The molecule has 2 saturated carbocycles. The molecule has 0 spiro atoms. The highest BCUT2D eigenvalue weighted by molar-refractivity contribution is 6.33. The average Bonchev–Trinajstić information content (AvgIpc) is 3.61. The summed E-state index contributed by atoms with van der Waals surface area (Å²) >= 11 is 6.46. The van der Waals surface area contributed by atoms with Gasteiger partial charge in [0.2, 0.25) is 0 Å². The van der Waals surface area contributed by atoms with E-state index in [0.29, 0.717) is 28.7 Å². The Morgan fingerprint density at radius 1 is 1.10 bits per heavy atom. The Bertz CT molecular complexity index is 869. The molecule has 2 aliphatic carbocycles. The van der Waals surface area contributed by atoms with Crippen molar-refractivity contribution < 1.29 is 9.13 Å². The maximum Gasteiger partial charge on any atom is 0.146 e. The molecule has 0 atom stereocenters. The van der Waals surface area contributed by atoms with Crippen LogP contribution in [0.2, 0.25) is 5.02 Å². The Hall–Kier alpha value is -1.89. The van der Waals surface area contributed by atoms with Gasteiger partial charge >= 0.3 is 0 Å². The molecule has 2 aromatic rings. The van der Waals surface area contributed by atoms with Gasteiger partial charge in [-0.05, 0) is 68.2 Å². The van der Waals surface area contributed by atoms with Crippen molar-refractivity contribution >= 4 is 23.1 Å². The van der Waals surface area contributed by atoms with Crippen molar-refractivity contribution in [2.45, 2.75) is 50.6 Å². The van der Waals surface area contributed by atoms with Gasteiger partial charge < -0.3 is 20.7 Å². The summed E-state index contributed by atoms with van der Waals surface area (Å²) in [7, 11) is 1.73. The number of nitrogens with one attached hydrogen (secondary N) is 3. The summed E-state index contributed by atoms with van der Waals surface area (Å²) < 4.78 is 19.4. The van der Waals surface area contributed by atoms with E-state index in [1.807, 2.05) is 12.1 Å². The molecular weight excluding hydrogens is 415 g/mol. The molecule has 2 fully saturated rings. The predicted molar refractivity (Wildman–Crippen MR) is 125 cm³/mol. The zero-order valence-electron chi connectivity index (χ0n) is 18.1. The van der Waals surface area contributed by atoms with E-state index in [9.17, 15) is 4.39 Å². The quantitative estimate of drug-likeness (QED) is 0.431. The molecule has 0 radical (unpaired) electrons. The molecule has 3 N–H and O–H groups in total. The fraction of sp³-hybridized carbons (Fsp3) is 0.542. The van der Waals surface area contributed by atoms with Crippen LogP contribution in [0.25, 0.3) is 11.1 Å². The Balaban J connectivity index is 1.39. The average molecular weight is 447 g/mol. The zero-order valence-corrected chi connectivity index (χ0v) is 18.9. The second-order valence-corrected chi connectivity index (χ2v) is 9.12. The Morgan fingerprint density at radius 2 is 1.87 bits per heavy atom. The maximum atomic E-state index is 14.2. The minimum atomic E-state index is -0.233. The van der Waals surface area contributed by atoms with Gasteiger partial charge in [-0.2, -0.15) is 0 Å². The third kappa shape index (κ3) is 6.31. The van der Waals surface area contributed by atoms with Gasteiger partial charge in [0.15, 0.2) is 0 Å². The number of pyridine rings is 1. The van der Waals surface area contributed by atoms with Crippen LogP contribution in [0.1, 0.15) is 38.5 Å². The van der Waals surface area contributed by atoms with Gasteiger partial charge in [-0.1, -0.05) is 17.7 Å². The van der Waals surface area contributed by atoms with E-state index in [4.69, 9.17) is 16.3 Å². The number of halogens is 2. The van der Waals surface area contributed by atoms with Gasteiger partial charge in [-0.15, -0.1) is 0 Å². The molecule has 4 rings (SSSR count). The van der Waals surface area contributed by atoms with Crippen LogP contribution in [0.4, 0.5) is 15.9 Å². The molecule has 7 heteroatoms. The zero-order chi connectivity index (χ0) is 21.6. The largest absolute Gasteiger partial charge is 0.383 e. The molecule has 31 heavy (non-hydrogen) atoms. The van der Waals surface area contributed by atoms with Gasteiger partial charge in [-0.3, -0.25) is 0 Å². The van der Waals surface area contributed by atoms with Gasteiger partial charge in [0.25, 0.3) is 0 Å². The highest BCUT2D eigenvalue weighted by Crippen LogP contribution is 2.34. The Morgan fingerprint density at radius 3 is 2.61 bits per heavy atom. The van der Waals surface area contributed by atoms with Gasteiger partial charge in [-0.25, -0.2) is 9.37 Å². The summed E-state index contributed by atoms with van der Waals surface area (Å²) in [6.07, 6.45) is 8.59. The van der Waals surface area contributed by atoms with Gasteiger partial charge in [0.05, 0.1) is 17.3 Å². The van der Waals surface area contributed by atoms with E-state index < -0.39 is 0 Å². The Labute approximate surface area is 189 Å². The van der Waals surface area contributed by atoms with Crippen molar-refractivity contribution in [2.75, 3.05) is 37.4 Å². The van der Waals surface area contributed by atoms with Crippen molar-refractivity contribution in [2.24, 2.45) is 5.92 Å². The van der Waals surface area contributed by atoms with E-state index in [2.05, 4.69) is 20.9 Å². The third-order valence-corrected chi connectivity index (χ3v) is 6.53. The van der Waals surface area contributed by atoms with Crippen LogP contribution in [-0.4, -0.2) is 43.9 Å². The lowest BCUT2D eigenvalue weighted by atomic mass is 9.91. The number of benzene rings is 1. The minimum Gasteiger partial charge on any atom is -0.383 e. The first-order chi connectivity index (χ1) is 15.1. The van der Waals surface area contributed by atoms with Crippen LogP contribution in [-0.2, 0) is 4.74 Å². The normalized spacial score (nSPS) is 21.1. The molecule has 1 aromatic carbocycles. The number of hydrogen-bond donors (Lipinski definition) is 3. The second kappa shape index (κ2) is 10.6. The molecule has 0 amide bonds. The lowest BCUT2D eigenvalue weighted by molar-refractivity contribution is 0.191. The van der Waals surface area contributed by atoms with Gasteiger partial charge in [0.1, 0.15) is 11.6 Å². The number of hydrogen-bond acceptors (Lipinski definition) is 5. The highest BCUT2D eigenvalue weighted by Gasteiger charge is 2.22. The Kier molecular flexibility index (Phi) is 7.64. The number of aromatic nitrogens is 1. The first-order valence-electron chi connectivity index (χ1n) is 11.3. The predicted octanol–water partition coefficient (Wildman–Crippen LogP) is 5.32. The smallest absolute Gasteiger partial charge is 0.146 e. The van der Waals surface area contributed by atoms with Crippen molar-refractivity contribution in [1.82, 2.24) is 10.3 Å². The van der Waals surface area contributed by atoms with E-state index in [1.165, 1.54) is 18.9 Å². The van der Waals surface area contributed by atoms with Crippen LogP contribution in [0, 0.1) is 11.7 Å². The summed E-state index contributed by atoms with van der Waals surface area (Å²) in [5.41, 5.74) is 2.29. The molecule has 2 aliphatic rings. The molecule has 5 nitrogen and oxygen atoms in total. The summed E-state index contributed by atoms with van der Waals surface area (Å²) in [4.78, 5) is 4.48. The summed E-state index contributed by atoms with van der Waals surface area (Å²) in [6, 6.07) is 8.06. The standard InChI is InChI=1S/C24H32ClFN4O/c1-31-11-10-27-18-5-7-19(8-6-18)30-24-13-20(21(25)15-29-24)17-4-9-22(26)23(12-17)28-14-16-2-3-16/h4,9,12-13,15-16,18-19,27-28H,2-3,5-8,10-11,14H2,1H3,(H,29,30). The number of rotatable bonds is 10. The topological polar surface area (TPSA) is 58.2 Å². The summed E-state index contributed by atoms with van der Waals surface area (Å²) in [5.74, 6) is 1.25. The third-order valence-electron chi connectivity index (χ3n) is 6.23. The fourth-order valence-electron chi connectivity index (χ4n) is 4.16. The van der Waals surface area contributed by atoms with Gasteiger partial charge in [0, 0.05) is 44.0 Å². The summed E-state index contributed by atoms with van der Waals surface area (Å²) in [6.45, 7) is 2.47. The van der Waals surface area contributed by atoms with E-state index >= 15 is 0 Å². The van der Waals surface area contributed by atoms with E-state index in [-0.39, 0.29) is 5.82 Å². The molecule has 0 aliphatic heterocycles. The molecular formula is C24H32ClFN4O. The number of nitrogens with zero attached hydrogens (tertiary/aromatic N) is 1. The van der Waals surface area contributed by atoms with Crippen LogP contribution in [0.3, 0.4) is 0 Å². The molecule has 0 saturated heterocycles. The molecule has 168 valence electrons. The van der Waals surface area contributed by atoms with Crippen LogP contribution in [0.15, 0.2) is 30.5 Å². The van der Waals surface area contributed by atoms with Crippen LogP contribution < -0.4 is 16.0 Å². The van der Waals surface area contributed by atoms with Crippen molar-refractivity contribution in [3.63, 3.8) is 0 Å². The van der Waals surface area contributed by atoms with Crippen LogP contribution >= 0.6 is 11.6 Å². The molecule has 0 bridgehead atoms. The highest BCUT2D eigenvalue weighted by atomic mass is 35.5. The first kappa shape index (κ1) is 22.3. The molecule has 1 heterocycles. The van der Waals surface area contributed by atoms with Crippen molar-refractivity contribution in [3.05, 3.63) is 41.3 Å². The first-order valence-corrected chi connectivity index (χ1v) is 11.7. The lowest BCUT2D eigenvalue weighted by Crippen LogP contribution is -2.38. The van der Waals surface area contributed by atoms with Crippen molar-refractivity contribution in [1.29, 1.82) is 0 Å². The monoisotopic (exact) mass is 446 g/mol. The number of methoxy groups -OCH3 is 1. The fourth-order valence-corrected chi connectivity index (χ4v) is 4.37. The van der Waals surface area contributed by atoms with Crippen LogP contribution in [0.5, 0.6) is 0 Å². The molecule has 1 aromatic heterocycles. The number of anilines is 2. The molecule has 0 unspecified atom stereocenters. The lowest BCUT2D eigenvalue weighted by Gasteiger charge is -2.30. The van der Waals surface area contributed by atoms with Crippen molar-refractivity contribution in [3.8, 4) is 11.1 Å². The maximum absolute atomic E-state index is 14.2. The minimum absolute atomic E-state index is 0.233.